The van der Waals surface area contributed by atoms with Crippen molar-refractivity contribution in [2.45, 2.75) is 20.8 Å². The molecule has 192 valence electrons. The van der Waals surface area contributed by atoms with E-state index >= 15 is 0 Å². The maximum atomic E-state index is 5.95. The average molecular weight is 497 g/mol. The first-order valence-corrected chi connectivity index (χ1v) is 13.0. The number of aromatic nitrogens is 1. The Kier molecular flexibility index (Phi) is 9.17. The van der Waals surface area contributed by atoms with Gasteiger partial charge in [0.1, 0.15) is 11.5 Å². The summed E-state index contributed by atoms with van der Waals surface area (Å²) in [7, 11) is 2.09. The number of nitrogens with zero attached hydrogens (tertiary/aromatic N) is 2. The standard InChI is InChI=1S/C32H36N2O3/c1-5-35-21-20-34(4)26-18-16-24(17-19-26)25-22-29(27-12-8-10-14-31(27)36-6-2)33-30(23-25)28-13-9-11-15-32(28)37-7-3/h8-19,22-23H,5-7,20-21H2,1-4H3. The van der Waals surface area contributed by atoms with Crippen molar-refractivity contribution >= 4 is 5.69 Å². The molecule has 0 saturated carbocycles. The maximum Gasteiger partial charge on any atom is 0.128 e. The molecule has 0 fully saturated rings. The quantitative estimate of drug-likeness (QED) is 0.192. The van der Waals surface area contributed by atoms with Gasteiger partial charge in [0.15, 0.2) is 0 Å². The number of hydrogen-bond donors (Lipinski definition) is 0. The number of benzene rings is 3. The molecule has 4 rings (SSSR count). The molecule has 0 radical (unpaired) electrons. The highest BCUT2D eigenvalue weighted by molar-refractivity contribution is 5.80. The van der Waals surface area contributed by atoms with Crippen molar-refractivity contribution in [3.8, 4) is 45.1 Å². The largest absolute Gasteiger partial charge is 0.493 e. The highest BCUT2D eigenvalue weighted by atomic mass is 16.5. The number of rotatable bonds is 12. The fourth-order valence-electron chi connectivity index (χ4n) is 4.28. The van der Waals surface area contributed by atoms with Gasteiger partial charge in [-0.1, -0.05) is 36.4 Å². The molecule has 5 nitrogen and oxygen atoms in total. The molecule has 37 heavy (non-hydrogen) atoms. The van der Waals surface area contributed by atoms with Crippen molar-refractivity contribution in [3.63, 3.8) is 0 Å². The van der Waals surface area contributed by atoms with Crippen molar-refractivity contribution in [1.82, 2.24) is 4.98 Å². The molecule has 0 aliphatic rings. The molecule has 1 aromatic heterocycles. The summed E-state index contributed by atoms with van der Waals surface area (Å²) in [6, 6.07) is 29.0. The van der Waals surface area contributed by atoms with Crippen molar-refractivity contribution in [3.05, 3.63) is 84.9 Å². The van der Waals surface area contributed by atoms with Gasteiger partial charge in [0.05, 0.1) is 31.2 Å². The highest BCUT2D eigenvalue weighted by Gasteiger charge is 2.15. The third-order valence-corrected chi connectivity index (χ3v) is 6.17. The Morgan fingerprint density at radius 3 is 1.70 bits per heavy atom. The monoisotopic (exact) mass is 496 g/mol. The first-order chi connectivity index (χ1) is 18.1. The Bertz CT molecular complexity index is 1220. The third-order valence-electron chi connectivity index (χ3n) is 6.17. The van der Waals surface area contributed by atoms with Crippen LogP contribution in [0, 0.1) is 0 Å². The van der Waals surface area contributed by atoms with E-state index < -0.39 is 0 Å². The molecule has 0 aliphatic carbocycles. The fourth-order valence-corrected chi connectivity index (χ4v) is 4.28. The van der Waals surface area contributed by atoms with Gasteiger partial charge in [-0.25, -0.2) is 4.98 Å². The summed E-state index contributed by atoms with van der Waals surface area (Å²) >= 11 is 0. The predicted octanol–water partition coefficient (Wildman–Crippen LogP) is 7.35. The van der Waals surface area contributed by atoms with E-state index in [1.165, 1.54) is 0 Å². The zero-order chi connectivity index (χ0) is 26.0. The summed E-state index contributed by atoms with van der Waals surface area (Å²) in [6.45, 7) is 9.49. The van der Waals surface area contributed by atoms with Crippen LogP contribution < -0.4 is 14.4 Å². The molecule has 5 heteroatoms. The Balaban J connectivity index is 1.79. The van der Waals surface area contributed by atoms with E-state index in [9.17, 15) is 0 Å². The molecular weight excluding hydrogens is 460 g/mol. The second-order valence-corrected chi connectivity index (χ2v) is 8.65. The van der Waals surface area contributed by atoms with Crippen molar-refractivity contribution < 1.29 is 14.2 Å². The number of anilines is 1. The van der Waals surface area contributed by atoms with Crippen LogP contribution in [0.2, 0.25) is 0 Å². The second kappa shape index (κ2) is 12.9. The topological polar surface area (TPSA) is 43.8 Å². The molecule has 0 atom stereocenters. The van der Waals surface area contributed by atoms with Gasteiger partial charge in [0.25, 0.3) is 0 Å². The minimum absolute atomic E-state index is 0.592. The summed E-state index contributed by atoms with van der Waals surface area (Å²) in [4.78, 5) is 7.30. The second-order valence-electron chi connectivity index (χ2n) is 8.65. The van der Waals surface area contributed by atoms with Crippen LogP contribution in [-0.2, 0) is 4.74 Å². The first kappa shape index (κ1) is 26.2. The van der Waals surface area contributed by atoms with E-state index in [0.717, 1.165) is 64.0 Å². The van der Waals surface area contributed by atoms with E-state index in [1.54, 1.807) is 0 Å². The van der Waals surface area contributed by atoms with Gasteiger partial charge in [-0.05, 0) is 80.4 Å². The first-order valence-electron chi connectivity index (χ1n) is 13.0. The molecule has 0 spiro atoms. The maximum absolute atomic E-state index is 5.95. The lowest BCUT2D eigenvalue weighted by Crippen LogP contribution is -2.22. The van der Waals surface area contributed by atoms with E-state index in [1.807, 2.05) is 57.2 Å². The van der Waals surface area contributed by atoms with Gasteiger partial charge in [0.2, 0.25) is 0 Å². The Morgan fingerprint density at radius 1 is 0.649 bits per heavy atom. The minimum atomic E-state index is 0.592. The van der Waals surface area contributed by atoms with Crippen LogP contribution in [0.3, 0.4) is 0 Å². The Labute approximate surface area is 220 Å². The summed E-state index contributed by atoms with van der Waals surface area (Å²) in [5, 5.41) is 0. The van der Waals surface area contributed by atoms with Crippen molar-refractivity contribution in [1.29, 1.82) is 0 Å². The highest BCUT2D eigenvalue weighted by Crippen LogP contribution is 2.37. The molecule has 3 aromatic carbocycles. The van der Waals surface area contributed by atoms with E-state index in [2.05, 4.69) is 60.5 Å². The van der Waals surface area contributed by atoms with Gasteiger partial charge < -0.3 is 19.1 Å². The molecule has 1 heterocycles. The number of para-hydroxylation sites is 2. The fraction of sp³-hybridized carbons (Fsp3) is 0.281. The summed E-state index contributed by atoms with van der Waals surface area (Å²) in [5.41, 5.74) is 7.01. The molecule has 0 saturated heterocycles. The summed E-state index contributed by atoms with van der Waals surface area (Å²) in [5.74, 6) is 1.65. The lowest BCUT2D eigenvalue weighted by Gasteiger charge is -2.19. The van der Waals surface area contributed by atoms with Gasteiger partial charge in [0, 0.05) is 37.0 Å². The normalized spacial score (nSPS) is 10.8. The van der Waals surface area contributed by atoms with Gasteiger partial charge in [-0.15, -0.1) is 0 Å². The average Bonchev–Trinajstić information content (AvgIpc) is 2.94. The minimum Gasteiger partial charge on any atom is -0.493 e. The number of likely N-dealkylation sites (N-methyl/N-ethyl adjacent to an activating group) is 1. The van der Waals surface area contributed by atoms with Gasteiger partial charge in [-0.2, -0.15) is 0 Å². The summed E-state index contributed by atoms with van der Waals surface area (Å²) < 4.78 is 17.4. The van der Waals surface area contributed by atoms with E-state index in [-0.39, 0.29) is 0 Å². The number of pyridine rings is 1. The van der Waals surface area contributed by atoms with Crippen LogP contribution in [0.4, 0.5) is 5.69 Å². The van der Waals surface area contributed by atoms with Crippen molar-refractivity contribution in [2.24, 2.45) is 0 Å². The molecule has 0 bridgehead atoms. The molecule has 0 amide bonds. The molecule has 4 aromatic rings. The molecule has 0 N–H and O–H groups in total. The van der Waals surface area contributed by atoms with Crippen LogP contribution >= 0.6 is 0 Å². The van der Waals surface area contributed by atoms with Gasteiger partial charge >= 0.3 is 0 Å². The molecule has 0 aliphatic heterocycles. The van der Waals surface area contributed by atoms with Crippen LogP contribution in [-0.4, -0.2) is 45.0 Å². The number of ether oxygens (including phenoxy) is 3. The third kappa shape index (κ3) is 6.49. The Hall–Kier alpha value is -3.83. The zero-order valence-corrected chi connectivity index (χ0v) is 22.2. The van der Waals surface area contributed by atoms with E-state index in [0.29, 0.717) is 19.8 Å². The Morgan fingerprint density at radius 2 is 1.19 bits per heavy atom. The van der Waals surface area contributed by atoms with Crippen LogP contribution in [0.5, 0.6) is 11.5 Å². The van der Waals surface area contributed by atoms with Gasteiger partial charge in [-0.3, -0.25) is 0 Å². The number of hydrogen-bond acceptors (Lipinski definition) is 5. The molecule has 0 unspecified atom stereocenters. The smallest absolute Gasteiger partial charge is 0.128 e. The summed E-state index contributed by atoms with van der Waals surface area (Å²) in [6.07, 6.45) is 0. The van der Waals surface area contributed by atoms with Crippen LogP contribution in [0.15, 0.2) is 84.9 Å². The van der Waals surface area contributed by atoms with Crippen LogP contribution in [0.1, 0.15) is 20.8 Å². The zero-order valence-electron chi connectivity index (χ0n) is 22.2. The van der Waals surface area contributed by atoms with E-state index in [4.69, 9.17) is 19.2 Å². The molecular formula is C32H36N2O3. The van der Waals surface area contributed by atoms with Crippen LogP contribution in [0.25, 0.3) is 33.6 Å². The lowest BCUT2D eigenvalue weighted by molar-refractivity contribution is 0.154. The SMILES string of the molecule is CCOCCN(C)c1ccc(-c2cc(-c3ccccc3OCC)nc(-c3ccccc3OCC)c2)cc1. The predicted molar refractivity (Wildman–Crippen MR) is 153 cm³/mol. The van der Waals surface area contributed by atoms with Crippen molar-refractivity contribution in [2.75, 3.05) is 44.9 Å². The lowest BCUT2D eigenvalue weighted by atomic mass is 9.99.